The van der Waals surface area contributed by atoms with E-state index in [-0.39, 0.29) is 19.8 Å². The predicted molar refractivity (Wildman–Crippen MR) is 73.8 cm³/mol. The molecular formula is C14H19N4Os-3. The summed E-state index contributed by atoms with van der Waals surface area (Å²) in [4.78, 5) is 8.92. The van der Waals surface area contributed by atoms with Crippen molar-refractivity contribution in [2.45, 2.75) is 0 Å². The second-order valence-corrected chi connectivity index (χ2v) is 5.00. The van der Waals surface area contributed by atoms with E-state index < -0.39 is 0 Å². The average molecular weight is 434 g/mol. The molecule has 0 saturated carbocycles. The van der Waals surface area contributed by atoms with Crippen molar-refractivity contribution >= 4 is 11.4 Å². The van der Waals surface area contributed by atoms with Gasteiger partial charge in [0.15, 0.2) is 0 Å². The molecule has 2 aliphatic heterocycles. The zero-order valence-corrected chi connectivity index (χ0v) is 13.9. The number of anilines is 2. The van der Waals surface area contributed by atoms with Gasteiger partial charge in [-0.3, -0.25) is 0 Å². The van der Waals surface area contributed by atoms with Crippen molar-refractivity contribution in [2.24, 2.45) is 0 Å². The standard InChI is InChI=1S/C14H19N4.Os/c1-15-6-8-17(11-15)13-4-3-5-14(10-13)18-9-7-16(2)12-18;/h3-5,11-12H,6-9H2,1-2H3;/q-3;. The molecule has 2 saturated heterocycles. The first kappa shape index (κ1) is 14.8. The fourth-order valence-electron chi connectivity index (χ4n) is 2.38. The Morgan fingerprint density at radius 1 is 0.895 bits per heavy atom. The molecule has 0 N–H and O–H groups in total. The van der Waals surface area contributed by atoms with Gasteiger partial charge in [0.25, 0.3) is 0 Å². The summed E-state index contributed by atoms with van der Waals surface area (Å²) in [7, 11) is 4.21. The maximum atomic E-state index is 3.51. The molecule has 4 nitrogen and oxygen atoms in total. The summed E-state index contributed by atoms with van der Waals surface area (Å²) in [6.45, 7) is 8.54. The number of benzene rings is 1. The van der Waals surface area contributed by atoms with Crippen molar-refractivity contribution in [3.63, 3.8) is 0 Å². The first-order valence-corrected chi connectivity index (χ1v) is 6.38. The maximum absolute atomic E-state index is 3.51. The molecule has 0 aliphatic carbocycles. The van der Waals surface area contributed by atoms with Crippen LogP contribution in [0.1, 0.15) is 0 Å². The number of nitrogens with zero attached hydrogens (tertiary/aromatic N) is 4. The quantitative estimate of drug-likeness (QED) is 0.651. The van der Waals surface area contributed by atoms with Crippen molar-refractivity contribution in [3.05, 3.63) is 37.6 Å². The topological polar surface area (TPSA) is 13.0 Å². The molecule has 0 spiro atoms. The Morgan fingerprint density at radius 3 is 1.74 bits per heavy atom. The average Bonchev–Trinajstić information content (AvgIpc) is 2.98. The van der Waals surface area contributed by atoms with Gasteiger partial charge in [-0.2, -0.15) is 31.5 Å². The summed E-state index contributed by atoms with van der Waals surface area (Å²) < 4.78 is 0. The van der Waals surface area contributed by atoms with E-state index in [1.165, 1.54) is 0 Å². The van der Waals surface area contributed by atoms with E-state index in [2.05, 4.69) is 71.3 Å². The predicted octanol–water partition coefficient (Wildman–Crippen LogP) is 1.23. The number of likely N-dealkylation sites (N-methyl/N-ethyl adjacent to an activating group) is 2. The van der Waals surface area contributed by atoms with Gasteiger partial charge in [0, 0.05) is 19.8 Å². The van der Waals surface area contributed by atoms with E-state index in [1.54, 1.807) is 0 Å². The van der Waals surface area contributed by atoms with Crippen LogP contribution < -0.4 is 9.80 Å². The molecule has 0 aromatic heterocycles. The minimum absolute atomic E-state index is 0. The fraction of sp³-hybridized carbons (Fsp3) is 0.429. The van der Waals surface area contributed by atoms with Crippen LogP contribution in [0.2, 0.25) is 0 Å². The third kappa shape index (κ3) is 3.28. The molecule has 106 valence electrons. The smallest absolute Gasteiger partial charge is 0 e. The SMILES string of the molecule is CN1[CH-]N(c2[c-]c(N3[CH-]N(C)CC3)ccc2)CC1.[Os]. The number of hydrogen-bond acceptors (Lipinski definition) is 4. The van der Waals surface area contributed by atoms with Gasteiger partial charge in [-0.05, 0) is 40.3 Å². The van der Waals surface area contributed by atoms with Gasteiger partial charge in [0.2, 0.25) is 0 Å². The van der Waals surface area contributed by atoms with E-state index in [0.29, 0.717) is 0 Å². The fourth-order valence-corrected chi connectivity index (χ4v) is 2.38. The summed E-state index contributed by atoms with van der Waals surface area (Å²) in [6, 6.07) is 9.86. The number of rotatable bonds is 2. The van der Waals surface area contributed by atoms with Gasteiger partial charge in [-0.15, -0.1) is 17.4 Å². The van der Waals surface area contributed by atoms with Gasteiger partial charge in [-0.1, -0.05) is 0 Å². The van der Waals surface area contributed by atoms with Crippen LogP contribution in [0, 0.1) is 19.4 Å². The molecule has 2 heterocycles. The van der Waals surface area contributed by atoms with Crippen LogP contribution in [0.3, 0.4) is 0 Å². The first-order chi connectivity index (χ1) is 8.72. The van der Waals surface area contributed by atoms with Gasteiger partial charge in [0.05, 0.1) is 0 Å². The molecule has 3 rings (SSSR count). The van der Waals surface area contributed by atoms with Gasteiger partial charge in [0.1, 0.15) is 0 Å². The molecule has 0 atom stereocenters. The van der Waals surface area contributed by atoms with Gasteiger partial charge >= 0.3 is 0 Å². The van der Waals surface area contributed by atoms with Crippen LogP contribution >= 0.6 is 0 Å². The zero-order chi connectivity index (χ0) is 12.5. The zero-order valence-electron chi connectivity index (χ0n) is 11.4. The molecule has 1 aromatic rings. The Balaban J connectivity index is 0.00000133. The Kier molecular flexibility index (Phi) is 4.84. The van der Waals surface area contributed by atoms with Crippen LogP contribution in [-0.4, -0.2) is 50.1 Å². The molecule has 2 aliphatic rings. The summed E-state index contributed by atoms with van der Waals surface area (Å²) >= 11 is 0. The molecule has 0 amide bonds. The summed E-state index contributed by atoms with van der Waals surface area (Å²) in [6.07, 6.45) is 0. The molecule has 0 bridgehead atoms. The second kappa shape index (κ2) is 6.22. The van der Waals surface area contributed by atoms with Crippen LogP contribution in [0.5, 0.6) is 0 Å². The number of hydrogen-bond donors (Lipinski definition) is 0. The van der Waals surface area contributed by atoms with E-state index in [4.69, 9.17) is 0 Å². The Hall–Kier alpha value is -0.624. The minimum atomic E-state index is 0. The molecule has 2 fully saturated rings. The van der Waals surface area contributed by atoms with Crippen molar-refractivity contribution in [3.8, 4) is 0 Å². The molecule has 0 radical (unpaired) electrons. The normalized spacial score (nSPS) is 20.9. The Morgan fingerprint density at radius 2 is 1.37 bits per heavy atom. The van der Waals surface area contributed by atoms with E-state index >= 15 is 0 Å². The largest absolute Gasteiger partial charge is 0.528 e. The van der Waals surface area contributed by atoms with Crippen LogP contribution in [0.15, 0.2) is 18.2 Å². The van der Waals surface area contributed by atoms with Crippen LogP contribution in [0.4, 0.5) is 11.4 Å². The summed E-state index contributed by atoms with van der Waals surface area (Å²) in [5.74, 6) is 0. The molecule has 19 heavy (non-hydrogen) atoms. The van der Waals surface area contributed by atoms with Crippen molar-refractivity contribution < 1.29 is 19.8 Å². The van der Waals surface area contributed by atoms with Gasteiger partial charge < -0.3 is 19.6 Å². The summed E-state index contributed by atoms with van der Waals surface area (Å²) in [5.41, 5.74) is 2.31. The molecule has 0 unspecified atom stereocenters. The molecular weight excluding hydrogens is 414 g/mol. The van der Waals surface area contributed by atoms with Gasteiger partial charge in [-0.25, -0.2) is 0 Å². The van der Waals surface area contributed by atoms with Crippen molar-refractivity contribution in [1.82, 2.24) is 9.80 Å². The third-order valence-electron chi connectivity index (χ3n) is 3.44. The van der Waals surface area contributed by atoms with Crippen LogP contribution in [0.25, 0.3) is 0 Å². The Labute approximate surface area is 129 Å². The second-order valence-electron chi connectivity index (χ2n) is 5.00. The molecule has 5 heteroatoms. The van der Waals surface area contributed by atoms with E-state index in [9.17, 15) is 0 Å². The first-order valence-electron chi connectivity index (χ1n) is 6.38. The summed E-state index contributed by atoms with van der Waals surface area (Å²) in [5, 5.41) is 0. The molecule has 1 aromatic carbocycles. The van der Waals surface area contributed by atoms with Crippen molar-refractivity contribution in [2.75, 3.05) is 50.1 Å². The minimum Gasteiger partial charge on any atom is -0.528 e. The van der Waals surface area contributed by atoms with E-state index in [0.717, 1.165) is 37.6 Å². The van der Waals surface area contributed by atoms with Crippen molar-refractivity contribution in [1.29, 1.82) is 0 Å². The Bertz CT molecular complexity index is 390. The van der Waals surface area contributed by atoms with E-state index in [1.807, 2.05) is 0 Å². The monoisotopic (exact) mass is 435 g/mol. The third-order valence-corrected chi connectivity index (χ3v) is 3.44. The maximum Gasteiger partial charge on any atom is 0 e. The van der Waals surface area contributed by atoms with Crippen LogP contribution in [-0.2, 0) is 19.8 Å².